The third kappa shape index (κ3) is 5.67. The van der Waals surface area contributed by atoms with Crippen LogP contribution in [0.2, 0.25) is 0 Å². The summed E-state index contributed by atoms with van der Waals surface area (Å²) in [7, 11) is 1.65. The first-order valence-corrected chi connectivity index (χ1v) is 7.47. The maximum Gasteiger partial charge on any atom is 0.387 e. The van der Waals surface area contributed by atoms with E-state index in [0.29, 0.717) is 13.2 Å². The van der Waals surface area contributed by atoms with Crippen molar-refractivity contribution in [3.63, 3.8) is 0 Å². The maximum absolute atomic E-state index is 12.4. The summed E-state index contributed by atoms with van der Waals surface area (Å²) in [6.07, 6.45) is 0. The van der Waals surface area contributed by atoms with Crippen LogP contribution in [0.5, 0.6) is 11.5 Å². The molecule has 1 aromatic carbocycles. The van der Waals surface area contributed by atoms with Gasteiger partial charge in [-0.25, -0.2) is 0 Å². The Morgan fingerprint density at radius 1 is 1.30 bits per heavy atom. The first-order valence-electron chi connectivity index (χ1n) is 7.47. The van der Waals surface area contributed by atoms with Gasteiger partial charge in [0.1, 0.15) is 0 Å². The van der Waals surface area contributed by atoms with Crippen LogP contribution >= 0.6 is 0 Å². The second-order valence-corrected chi connectivity index (χ2v) is 5.56. The zero-order valence-corrected chi connectivity index (χ0v) is 13.9. The highest BCUT2D eigenvalue weighted by Crippen LogP contribution is 2.30. The molecule has 0 fully saturated rings. The summed E-state index contributed by atoms with van der Waals surface area (Å²) in [5.41, 5.74) is 6.59. The predicted molar refractivity (Wildman–Crippen MR) is 83.5 cm³/mol. The molecule has 1 rings (SSSR count). The minimum atomic E-state index is -2.92. The van der Waals surface area contributed by atoms with Gasteiger partial charge in [0.2, 0.25) is 5.91 Å². The molecule has 0 radical (unpaired) electrons. The minimum Gasteiger partial charge on any atom is -0.490 e. The fraction of sp³-hybridized carbons (Fsp3) is 0.562. The average molecular weight is 330 g/mol. The largest absolute Gasteiger partial charge is 0.490 e. The molecule has 0 saturated heterocycles. The Morgan fingerprint density at radius 3 is 2.48 bits per heavy atom. The van der Waals surface area contributed by atoms with Gasteiger partial charge in [-0.3, -0.25) is 4.79 Å². The van der Waals surface area contributed by atoms with Gasteiger partial charge in [0.25, 0.3) is 0 Å². The van der Waals surface area contributed by atoms with Crippen LogP contribution < -0.4 is 15.2 Å². The van der Waals surface area contributed by atoms with E-state index >= 15 is 0 Å². The summed E-state index contributed by atoms with van der Waals surface area (Å²) in [5, 5.41) is 0. The normalized spacial score (nSPS) is 12.4. The van der Waals surface area contributed by atoms with Gasteiger partial charge in [-0.2, -0.15) is 8.78 Å². The standard InChI is InChI=1S/C16H24F2N2O3/c1-5-22-13-8-11(6-7-12(13)23-16(17)18)9-20(4)15(21)14(19)10(2)3/h6-8,10,14,16H,5,9,19H2,1-4H3/t14-/m0/s1. The van der Waals surface area contributed by atoms with E-state index < -0.39 is 12.7 Å². The molecule has 1 atom stereocenters. The number of rotatable bonds is 8. The molecule has 0 bridgehead atoms. The molecule has 1 amide bonds. The zero-order valence-electron chi connectivity index (χ0n) is 13.9. The molecule has 0 aromatic heterocycles. The van der Waals surface area contributed by atoms with Crippen molar-refractivity contribution < 1.29 is 23.0 Å². The first kappa shape index (κ1) is 19.2. The van der Waals surface area contributed by atoms with E-state index in [1.54, 1.807) is 26.1 Å². The van der Waals surface area contributed by atoms with Gasteiger partial charge < -0.3 is 20.1 Å². The van der Waals surface area contributed by atoms with Crippen molar-refractivity contribution in [2.45, 2.75) is 40.0 Å². The van der Waals surface area contributed by atoms with Crippen LogP contribution in [0.25, 0.3) is 0 Å². The monoisotopic (exact) mass is 330 g/mol. The molecule has 0 saturated carbocycles. The summed E-state index contributed by atoms with van der Waals surface area (Å²) in [6, 6.07) is 4.04. The van der Waals surface area contributed by atoms with Crippen molar-refractivity contribution in [1.82, 2.24) is 4.90 Å². The third-order valence-electron chi connectivity index (χ3n) is 3.32. The number of hydrogen-bond acceptors (Lipinski definition) is 4. The molecular formula is C16H24F2N2O3. The van der Waals surface area contributed by atoms with Crippen LogP contribution in [0.3, 0.4) is 0 Å². The minimum absolute atomic E-state index is 0.0292. The van der Waals surface area contributed by atoms with Crippen LogP contribution in [-0.2, 0) is 11.3 Å². The van der Waals surface area contributed by atoms with Gasteiger partial charge in [0, 0.05) is 13.6 Å². The Bertz CT molecular complexity index is 524. The highest BCUT2D eigenvalue weighted by Gasteiger charge is 2.21. The summed E-state index contributed by atoms with van der Waals surface area (Å²) < 4.78 is 34.5. The number of hydrogen-bond donors (Lipinski definition) is 1. The van der Waals surface area contributed by atoms with Crippen molar-refractivity contribution in [2.75, 3.05) is 13.7 Å². The highest BCUT2D eigenvalue weighted by molar-refractivity contribution is 5.81. The van der Waals surface area contributed by atoms with Gasteiger partial charge in [0.05, 0.1) is 12.6 Å². The number of carbonyl (C=O) groups is 1. The lowest BCUT2D eigenvalue weighted by molar-refractivity contribution is -0.132. The number of ether oxygens (including phenoxy) is 2. The van der Waals surface area contributed by atoms with E-state index in [-0.39, 0.29) is 23.3 Å². The van der Waals surface area contributed by atoms with Crippen LogP contribution in [-0.4, -0.2) is 37.1 Å². The van der Waals surface area contributed by atoms with Gasteiger partial charge >= 0.3 is 6.61 Å². The van der Waals surface area contributed by atoms with Crippen molar-refractivity contribution in [1.29, 1.82) is 0 Å². The third-order valence-corrected chi connectivity index (χ3v) is 3.32. The SMILES string of the molecule is CCOc1cc(CN(C)C(=O)[C@@H](N)C(C)C)ccc1OC(F)F. The maximum atomic E-state index is 12.4. The van der Waals surface area contributed by atoms with E-state index in [2.05, 4.69) is 4.74 Å². The fourth-order valence-corrected chi connectivity index (χ4v) is 2.00. The number of nitrogens with zero attached hydrogens (tertiary/aromatic N) is 1. The highest BCUT2D eigenvalue weighted by atomic mass is 19.3. The molecule has 0 aliphatic rings. The Balaban J connectivity index is 2.88. The zero-order chi connectivity index (χ0) is 17.6. The predicted octanol–water partition coefficient (Wildman–Crippen LogP) is 2.63. The Hall–Kier alpha value is -1.89. The Morgan fingerprint density at radius 2 is 1.96 bits per heavy atom. The number of halogens is 2. The van der Waals surface area contributed by atoms with Crippen LogP contribution in [0.15, 0.2) is 18.2 Å². The molecule has 0 aliphatic carbocycles. The number of amides is 1. The molecule has 5 nitrogen and oxygen atoms in total. The molecule has 2 N–H and O–H groups in total. The topological polar surface area (TPSA) is 64.8 Å². The van der Waals surface area contributed by atoms with E-state index in [1.165, 1.54) is 11.0 Å². The Labute approximate surface area is 135 Å². The molecule has 1 aromatic rings. The molecule has 0 aliphatic heterocycles. The van der Waals surface area contributed by atoms with E-state index in [0.717, 1.165) is 5.56 Å². The Kier molecular flexibility index (Phi) is 7.22. The van der Waals surface area contributed by atoms with Crippen molar-refractivity contribution >= 4 is 5.91 Å². The second-order valence-electron chi connectivity index (χ2n) is 5.56. The van der Waals surface area contributed by atoms with Crippen molar-refractivity contribution in [3.05, 3.63) is 23.8 Å². The number of alkyl halides is 2. The van der Waals surface area contributed by atoms with Gasteiger partial charge in [-0.1, -0.05) is 19.9 Å². The number of nitrogens with two attached hydrogens (primary N) is 1. The lowest BCUT2D eigenvalue weighted by Crippen LogP contribution is -2.44. The second kappa shape index (κ2) is 8.67. The molecule has 7 heteroatoms. The van der Waals surface area contributed by atoms with Crippen LogP contribution in [0.4, 0.5) is 8.78 Å². The molecular weight excluding hydrogens is 306 g/mol. The van der Waals surface area contributed by atoms with Gasteiger partial charge in [-0.15, -0.1) is 0 Å². The fourth-order valence-electron chi connectivity index (χ4n) is 2.00. The summed E-state index contributed by atoms with van der Waals surface area (Å²) in [5.74, 6) is 0.0504. The quantitative estimate of drug-likeness (QED) is 0.796. The van der Waals surface area contributed by atoms with Gasteiger partial charge in [-0.05, 0) is 30.5 Å². The van der Waals surface area contributed by atoms with E-state index in [9.17, 15) is 13.6 Å². The smallest absolute Gasteiger partial charge is 0.387 e. The number of likely N-dealkylation sites (N-methyl/N-ethyl adjacent to an activating group) is 1. The molecule has 23 heavy (non-hydrogen) atoms. The van der Waals surface area contributed by atoms with E-state index in [1.807, 2.05) is 13.8 Å². The molecule has 0 heterocycles. The lowest BCUT2D eigenvalue weighted by Gasteiger charge is -2.24. The summed E-state index contributed by atoms with van der Waals surface area (Å²) in [6.45, 7) is 3.19. The molecule has 0 spiro atoms. The average Bonchev–Trinajstić information content (AvgIpc) is 2.48. The van der Waals surface area contributed by atoms with Crippen LogP contribution in [0, 0.1) is 5.92 Å². The van der Waals surface area contributed by atoms with Crippen molar-refractivity contribution in [3.8, 4) is 11.5 Å². The van der Waals surface area contributed by atoms with Crippen molar-refractivity contribution in [2.24, 2.45) is 11.7 Å². The molecule has 130 valence electrons. The van der Waals surface area contributed by atoms with E-state index in [4.69, 9.17) is 10.5 Å². The lowest BCUT2D eigenvalue weighted by atomic mass is 10.0. The number of benzene rings is 1. The van der Waals surface area contributed by atoms with Gasteiger partial charge in [0.15, 0.2) is 11.5 Å². The summed E-state index contributed by atoms with van der Waals surface area (Å²) in [4.78, 5) is 13.7. The summed E-state index contributed by atoms with van der Waals surface area (Å²) >= 11 is 0. The molecule has 0 unspecified atom stereocenters. The first-order chi connectivity index (χ1) is 10.8. The number of carbonyl (C=O) groups excluding carboxylic acids is 1. The van der Waals surface area contributed by atoms with Crippen LogP contribution in [0.1, 0.15) is 26.3 Å².